The van der Waals surface area contributed by atoms with Crippen LogP contribution in [0.15, 0.2) is 48.5 Å². The monoisotopic (exact) mass is 1030 g/mol. The number of benzene rings is 2. The predicted octanol–water partition coefficient (Wildman–Crippen LogP) is 2.23. The number of carbonyl (C=O) groups excluding carboxylic acids is 1. The predicted molar refractivity (Wildman–Crippen MR) is 225 cm³/mol. The number of nitrogens with zero attached hydrogens (tertiary/aromatic N) is 5. The summed E-state index contributed by atoms with van der Waals surface area (Å²) < 4.78 is 37.9. The molecule has 326 valence electrons. The quantitative estimate of drug-likeness (QED) is 0.0332. The zero-order valence-electron chi connectivity index (χ0n) is 35.4. The fourth-order valence-electron chi connectivity index (χ4n) is 5.41. The molecule has 2 atom stereocenters. The first-order valence-electron chi connectivity index (χ1n) is 18.7. The summed E-state index contributed by atoms with van der Waals surface area (Å²) in [7, 11) is -1.80. The van der Waals surface area contributed by atoms with Gasteiger partial charge in [-0.2, -0.15) is 10.2 Å². The summed E-state index contributed by atoms with van der Waals surface area (Å²) in [4.78, 5) is 26.0. The van der Waals surface area contributed by atoms with Gasteiger partial charge in [-0.25, -0.2) is 14.7 Å². The Kier molecular flexibility index (Phi) is 24.9. The van der Waals surface area contributed by atoms with Crippen molar-refractivity contribution < 1.29 is 132 Å². The molecule has 4 heterocycles. The van der Waals surface area contributed by atoms with E-state index in [1.807, 2.05) is 47.6 Å². The molecular weight excluding hydrogens is 984 g/mol. The third-order valence-electron chi connectivity index (χ3n) is 8.18. The molecule has 0 fully saturated rings. The third-order valence-corrected chi connectivity index (χ3v) is 8.85. The number of rotatable bonds is 13. The van der Waals surface area contributed by atoms with Gasteiger partial charge in [-0.15, -0.1) is 0 Å². The number of aromatic hydroxyl groups is 1. The van der Waals surface area contributed by atoms with Crippen LogP contribution in [0, 0.1) is 24.5 Å². The van der Waals surface area contributed by atoms with E-state index in [2.05, 4.69) is 24.5 Å². The van der Waals surface area contributed by atoms with Gasteiger partial charge in [0.2, 0.25) is 29.0 Å². The van der Waals surface area contributed by atoms with Crippen LogP contribution in [-0.4, -0.2) is 84.5 Å². The first kappa shape index (κ1) is 55.5. The van der Waals surface area contributed by atoms with Gasteiger partial charge in [-0.05, 0) is 100.0 Å². The van der Waals surface area contributed by atoms with Gasteiger partial charge in [0.1, 0.15) is 41.5 Å². The first-order valence-corrected chi connectivity index (χ1v) is 19.4. The Morgan fingerprint density at radius 1 is 0.841 bits per heavy atom. The van der Waals surface area contributed by atoms with Crippen molar-refractivity contribution in [1.29, 1.82) is 5.26 Å². The summed E-state index contributed by atoms with van der Waals surface area (Å²) in [6, 6.07) is 14.8. The third kappa shape index (κ3) is 17.4. The van der Waals surface area contributed by atoms with Crippen molar-refractivity contribution in [3.8, 4) is 35.2 Å². The summed E-state index contributed by atoms with van der Waals surface area (Å²) in [5.74, 6) is 0.934. The minimum absolute atomic E-state index is 0. The summed E-state index contributed by atoms with van der Waals surface area (Å²) in [5, 5.41) is 46.6. The van der Waals surface area contributed by atoms with Crippen LogP contribution in [0.3, 0.4) is 0 Å². The van der Waals surface area contributed by atoms with Crippen molar-refractivity contribution in [1.82, 2.24) is 9.97 Å². The number of fused-ring (bicyclic) bond motifs is 2. The van der Waals surface area contributed by atoms with E-state index < -0.39 is 14.2 Å². The molecule has 2 aliphatic rings. The van der Waals surface area contributed by atoms with Crippen molar-refractivity contribution in [2.45, 2.75) is 66.0 Å². The van der Waals surface area contributed by atoms with E-state index in [9.17, 15) is 15.3 Å². The zero-order valence-corrected chi connectivity index (χ0v) is 43.2. The smallest absolute Gasteiger partial charge is 0.662 e. The fourth-order valence-corrected chi connectivity index (χ4v) is 5.69. The molecule has 0 saturated heterocycles. The molecule has 2 unspecified atom stereocenters. The number of hydrogen-bond donors (Lipinski definition) is 3. The van der Waals surface area contributed by atoms with Crippen molar-refractivity contribution in [2.24, 2.45) is 0 Å². The van der Waals surface area contributed by atoms with E-state index in [0.29, 0.717) is 31.0 Å². The largest absolute Gasteiger partial charge is 1.00 e. The van der Waals surface area contributed by atoms with Crippen LogP contribution in [0.2, 0.25) is 10.2 Å². The number of hydrogen-bond acceptors (Lipinski definition) is 16. The molecule has 2 aliphatic heterocycles. The molecule has 63 heavy (non-hydrogen) atoms. The maximum Gasteiger partial charge on any atom is 1.00 e. The van der Waals surface area contributed by atoms with Crippen LogP contribution in [-0.2, 0) is 28.5 Å². The number of carbonyl (C=O) groups is 1. The van der Waals surface area contributed by atoms with Crippen LogP contribution < -0.4 is 99.3 Å². The number of phenols is 1. The van der Waals surface area contributed by atoms with E-state index >= 15 is 0 Å². The number of nitriles is 1. The average molecular weight is 1030 g/mol. The number of phenolic OH excluding ortho intramolecular Hbond substituents is 1. The Labute approximate surface area is 434 Å². The SMILES string of the molecule is CC1OB(O)c2ccc(O)cc21.O=CO[O-].[C-]#[N+]c1cc(C#N)c(Oc2ccc3c(c2)C(C)OB3O)nc1OCCOC(C)C.[C-]#[N+]c1cc(Cl)c(Cl)nc1OCCOC(C)C.[Cs+]. The molecule has 2 aromatic carbocycles. The molecule has 0 bridgehead atoms. The summed E-state index contributed by atoms with van der Waals surface area (Å²) in [6.45, 7) is 26.8. The molecule has 3 N–H and O–H groups in total. The van der Waals surface area contributed by atoms with Gasteiger partial charge in [-0.3, -0.25) is 4.79 Å². The minimum Gasteiger partial charge on any atom is -0.662 e. The van der Waals surface area contributed by atoms with Crippen LogP contribution >= 0.6 is 23.2 Å². The van der Waals surface area contributed by atoms with Crippen molar-refractivity contribution in [2.75, 3.05) is 26.4 Å². The van der Waals surface area contributed by atoms with E-state index in [1.54, 1.807) is 36.4 Å². The van der Waals surface area contributed by atoms with Crippen molar-refractivity contribution in [3.63, 3.8) is 0 Å². The molecule has 0 aliphatic carbocycles. The van der Waals surface area contributed by atoms with Gasteiger partial charge in [0, 0.05) is 0 Å². The second-order valence-corrected chi connectivity index (χ2v) is 14.0. The molecule has 18 nitrogen and oxygen atoms in total. The molecule has 23 heteroatoms. The van der Waals surface area contributed by atoms with E-state index in [0.717, 1.165) is 16.6 Å². The Hall–Kier alpha value is -3.64. The average Bonchev–Trinajstić information content (AvgIpc) is 3.69. The van der Waals surface area contributed by atoms with Gasteiger partial charge in [-0.1, -0.05) is 35.3 Å². The second-order valence-electron chi connectivity index (χ2n) is 13.3. The maximum absolute atomic E-state index is 9.87. The summed E-state index contributed by atoms with van der Waals surface area (Å²) >= 11 is 11.5. The number of pyridine rings is 2. The second kappa shape index (κ2) is 28.3. The maximum atomic E-state index is 9.87. The molecule has 0 amide bonds. The van der Waals surface area contributed by atoms with Crippen LogP contribution in [0.1, 0.15) is 70.4 Å². The Balaban J connectivity index is 0.000000339. The molecule has 0 radical (unpaired) electrons. The Morgan fingerprint density at radius 3 is 1.83 bits per heavy atom. The topological polar surface area (TPSA) is 233 Å². The summed E-state index contributed by atoms with van der Waals surface area (Å²) in [6.07, 6.45) is -0.212. The number of halogens is 2. The summed E-state index contributed by atoms with van der Waals surface area (Å²) in [5.41, 5.74) is 3.57. The van der Waals surface area contributed by atoms with Crippen LogP contribution in [0.4, 0.5) is 11.4 Å². The fraction of sp³-hybridized carbons (Fsp3) is 0.350. The van der Waals surface area contributed by atoms with Gasteiger partial charge in [0.05, 0.1) is 55.8 Å². The number of aromatic nitrogens is 2. The van der Waals surface area contributed by atoms with Gasteiger partial charge < -0.3 is 58.3 Å². The number of ether oxygens (including phenoxy) is 5. The van der Waals surface area contributed by atoms with E-state index in [1.165, 1.54) is 12.1 Å². The van der Waals surface area contributed by atoms with Gasteiger partial charge >= 0.3 is 83.1 Å². The molecular formula is C40H42B2Cl2CsN5O13. The molecule has 2 aromatic heterocycles. The van der Waals surface area contributed by atoms with Gasteiger partial charge in [0.15, 0.2) is 0 Å². The van der Waals surface area contributed by atoms with Crippen LogP contribution in [0.5, 0.6) is 29.1 Å². The zero-order chi connectivity index (χ0) is 45.9. The Morgan fingerprint density at radius 2 is 1.33 bits per heavy atom. The standard InChI is InChI=1S/C20H20BN3O5.C11H12Cl2N2O2.C8H9BO3.CH2O3.Cs/c1-12(2)26-7-8-27-20-18(23-4)9-14(11-22)19(24-20)28-15-5-6-17-16(10-15)13(3)29-21(17)25;1-7(2)16-4-5-17-11-9(14-3)6-8(12)10(13)15-11;1-5-7-4-6(10)2-3-8(7)9(11)12-5;2-1-4-3;/h5-6,9-10,12-13,25H,7-8H2,1-3H3;6-7H,4-5H2,1-2H3;2-5,10-11H,1H3;1,3H;/q;;;;+1/p-1. The Bertz CT molecular complexity index is 2260. The molecule has 4 aromatic rings. The van der Waals surface area contributed by atoms with Gasteiger partial charge in [0.25, 0.3) is 6.47 Å². The normalized spacial score (nSPS) is 14.1. The van der Waals surface area contributed by atoms with E-state index in [-0.39, 0.29) is 157 Å². The first-order chi connectivity index (χ1) is 29.6. The van der Waals surface area contributed by atoms with Crippen LogP contribution in [0.25, 0.3) is 9.69 Å². The molecule has 0 saturated carbocycles. The molecule has 0 spiro atoms. The van der Waals surface area contributed by atoms with Crippen molar-refractivity contribution in [3.05, 3.63) is 98.2 Å². The molecule has 6 rings (SSSR count). The van der Waals surface area contributed by atoms with Crippen molar-refractivity contribution >= 4 is 66.2 Å². The minimum atomic E-state index is -0.965. The van der Waals surface area contributed by atoms with E-state index in [4.69, 9.17) is 84.5 Å².